The minimum atomic E-state index is -1.80. The van der Waals surface area contributed by atoms with Crippen LogP contribution in [0, 0.1) is 0 Å². The molecule has 20 heavy (non-hydrogen) atoms. The van der Waals surface area contributed by atoms with Gasteiger partial charge in [-0.1, -0.05) is 0 Å². The molecule has 1 aromatic rings. The monoisotopic (exact) mass is 453 g/mol. The summed E-state index contributed by atoms with van der Waals surface area (Å²) in [6.07, 6.45) is 0.808. The van der Waals surface area contributed by atoms with Gasteiger partial charge >= 0.3 is 34.9 Å². The van der Waals surface area contributed by atoms with E-state index in [1.165, 1.54) is 12.1 Å². The van der Waals surface area contributed by atoms with Gasteiger partial charge in [-0.2, -0.15) is 0 Å². The molecule has 0 spiro atoms. The van der Waals surface area contributed by atoms with Crippen LogP contribution in [0.25, 0.3) is 0 Å². The Labute approximate surface area is 126 Å². The van der Waals surface area contributed by atoms with Crippen LogP contribution in [0.15, 0.2) is 15.9 Å². The first-order valence-electron chi connectivity index (χ1n) is 5.45. The number of hydrogen-bond acceptors (Lipinski definition) is 6. The Morgan fingerprint density at radius 2 is 1.90 bits per heavy atom. The predicted octanol–water partition coefficient (Wildman–Crippen LogP) is 0.380. The van der Waals surface area contributed by atoms with E-state index in [2.05, 4.69) is 3.72 Å². The molecule has 0 bridgehead atoms. The van der Waals surface area contributed by atoms with Crippen molar-refractivity contribution in [3.63, 3.8) is 0 Å². The van der Waals surface area contributed by atoms with Crippen LogP contribution in [0.2, 0.25) is 0 Å². The summed E-state index contributed by atoms with van der Waals surface area (Å²) in [5.74, 6) is 0.0931. The average molecular weight is 453 g/mol. The van der Waals surface area contributed by atoms with Crippen molar-refractivity contribution in [2.45, 2.75) is 20.0 Å². The molecule has 0 atom stereocenters. The van der Waals surface area contributed by atoms with Gasteiger partial charge in [-0.25, -0.2) is 0 Å². The van der Waals surface area contributed by atoms with Gasteiger partial charge in [0.1, 0.15) is 12.0 Å². The number of carbonyl (C=O) groups excluding carboxylic acids is 2. The Bertz CT molecular complexity index is 484. The summed E-state index contributed by atoms with van der Waals surface area (Å²) in [6, 6.07) is 2.62. The summed E-state index contributed by atoms with van der Waals surface area (Å²) in [5.41, 5.74) is 0.308. The predicted molar refractivity (Wildman–Crippen MR) is 66.3 cm³/mol. The molecule has 1 aromatic carbocycles. The van der Waals surface area contributed by atoms with Gasteiger partial charge in [0, 0.05) is 11.0 Å². The minimum absolute atomic E-state index is 0.00500. The second kappa shape index (κ2) is 9.63. The summed E-state index contributed by atoms with van der Waals surface area (Å²) < 4.78 is 17.4. The van der Waals surface area contributed by atoms with Crippen LogP contribution in [0.1, 0.15) is 34.6 Å². The van der Waals surface area contributed by atoms with E-state index in [-0.39, 0.29) is 28.4 Å². The van der Waals surface area contributed by atoms with Gasteiger partial charge in [-0.05, 0) is 26.0 Å². The molecule has 0 unspecified atom stereocenters. The van der Waals surface area contributed by atoms with Crippen molar-refractivity contribution in [3.8, 4) is 5.75 Å². The molecule has 108 valence electrons. The molecule has 0 amide bonds. The molecule has 9 heteroatoms. The van der Waals surface area contributed by atoms with Gasteiger partial charge < -0.3 is 14.8 Å². The van der Waals surface area contributed by atoms with Gasteiger partial charge in [0.2, 0.25) is 0 Å². The number of aldehydes is 2. The molecule has 0 fully saturated rings. The fourth-order valence-corrected chi connectivity index (χ4v) is 1.42. The van der Waals surface area contributed by atoms with Gasteiger partial charge in [-0.15, -0.1) is 0 Å². The van der Waals surface area contributed by atoms with E-state index in [0.29, 0.717) is 32.2 Å². The Kier molecular flexibility index (Phi) is 9.04. The zero-order valence-electron chi connectivity index (χ0n) is 10.8. The second-order valence-corrected chi connectivity index (χ2v) is 4.37. The Morgan fingerprint density at radius 1 is 1.35 bits per heavy atom. The quantitative estimate of drug-likeness (QED) is 0.497. The van der Waals surface area contributed by atoms with E-state index < -0.39 is 7.12 Å². The van der Waals surface area contributed by atoms with E-state index >= 15 is 0 Å². The molecule has 0 aliphatic rings. The van der Waals surface area contributed by atoms with Crippen molar-refractivity contribution in [2.24, 2.45) is 3.72 Å². The molecule has 0 heterocycles. The van der Waals surface area contributed by atoms with E-state index in [1.807, 2.05) is 0 Å². The molecule has 2 N–H and O–H groups in total. The number of ether oxygens (including phenoxy) is 1. The van der Waals surface area contributed by atoms with Crippen LogP contribution in [0.3, 0.4) is 0 Å². The first kappa shape index (κ1) is 18.8. The fraction of sp³-hybridized carbons (Fsp3) is 0.273. The zero-order chi connectivity index (χ0) is 15.7. The Balaban J connectivity index is 0.00000110. The van der Waals surface area contributed by atoms with Crippen LogP contribution in [0.5, 0.6) is 5.75 Å². The first-order chi connectivity index (χ1) is 9.40. The topological polar surface area (TPSA) is 96.2 Å². The van der Waals surface area contributed by atoms with Crippen molar-refractivity contribution >= 4 is 25.2 Å². The van der Waals surface area contributed by atoms with Crippen LogP contribution in [-0.4, -0.2) is 35.8 Å². The van der Waals surface area contributed by atoms with Crippen molar-refractivity contribution < 1.29 is 48.5 Å². The van der Waals surface area contributed by atoms with Crippen molar-refractivity contribution in [2.75, 3.05) is 0 Å². The van der Waals surface area contributed by atoms with Gasteiger partial charge in [-0.3, -0.25) is 9.59 Å². The molecule has 0 saturated heterocycles. The van der Waals surface area contributed by atoms with Gasteiger partial charge in [0.25, 0.3) is 0 Å². The van der Waals surface area contributed by atoms with E-state index in [4.69, 9.17) is 4.74 Å². The Morgan fingerprint density at radius 3 is 2.25 bits per heavy atom. The summed E-state index contributed by atoms with van der Waals surface area (Å²) in [4.78, 5) is 21.6. The third-order valence-electron chi connectivity index (χ3n) is 2.06. The number of hydrogen-bond donors (Lipinski definition) is 2. The fourth-order valence-electron chi connectivity index (χ4n) is 1.42. The number of nitrogens with zero attached hydrogens (tertiary/aromatic N) is 1. The first-order valence-corrected chi connectivity index (χ1v) is 6.77. The van der Waals surface area contributed by atoms with Crippen LogP contribution in [-0.2, 0) is 19.6 Å². The third-order valence-corrected chi connectivity index (χ3v) is 2.06. The summed E-state index contributed by atoms with van der Waals surface area (Å²) in [6.45, 7) is 3.49. The zero-order valence-corrected chi connectivity index (χ0v) is 13.8. The molecular formula is C11H13BFNO5W. The van der Waals surface area contributed by atoms with Crippen molar-refractivity contribution in [3.05, 3.63) is 23.3 Å². The molecule has 0 aliphatic carbocycles. The second-order valence-electron chi connectivity index (χ2n) is 3.87. The number of halogens is 1. The van der Waals surface area contributed by atoms with E-state index in [9.17, 15) is 24.1 Å². The molecule has 0 saturated carbocycles. The van der Waals surface area contributed by atoms with Crippen molar-refractivity contribution in [1.82, 2.24) is 0 Å². The maximum absolute atomic E-state index is 10.9. The van der Waals surface area contributed by atoms with E-state index in [0.717, 1.165) is 0 Å². The van der Waals surface area contributed by atoms with Crippen LogP contribution >= 0.6 is 0 Å². The number of benzene rings is 1. The number of carbonyl (C=O) groups is 2. The standard InChI is InChI=1S/C11H13BO5.FN.W/c1-7(2)17-11-9(6-14)3-8(5-13)4-10(11)12(15)16;1-2;/h3-7,15-16H,1-2H3;;. The summed E-state index contributed by atoms with van der Waals surface area (Å²) in [7, 11) is -1.80. The third kappa shape index (κ3) is 5.82. The summed E-state index contributed by atoms with van der Waals surface area (Å²) >= 11 is 0.630. The average Bonchev–Trinajstić information content (AvgIpc) is 2.38. The van der Waals surface area contributed by atoms with Gasteiger partial charge in [0.15, 0.2) is 6.29 Å². The van der Waals surface area contributed by atoms with E-state index in [1.54, 1.807) is 13.8 Å². The molecule has 0 radical (unpaired) electrons. The molecule has 6 nitrogen and oxygen atoms in total. The molecule has 1 rings (SSSR count). The number of rotatable bonds is 5. The SMILES string of the molecule is CC(C)Oc1c(C=O)cc(C=O)cc1B(O)O.F[N]=[W]. The maximum atomic E-state index is 10.9. The molecule has 0 aliphatic heterocycles. The molecule has 0 aromatic heterocycles. The molecular weight excluding hydrogens is 440 g/mol. The Hall–Kier alpha value is -1.24. The van der Waals surface area contributed by atoms with Crippen molar-refractivity contribution in [1.29, 1.82) is 0 Å². The van der Waals surface area contributed by atoms with Crippen LogP contribution < -0.4 is 10.2 Å². The summed E-state index contributed by atoms with van der Waals surface area (Å²) in [5, 5.41) is 18.4. The van der Waals surface area contributed by atoms with Crippen LogP contribution in [0.4, 0.5) is 4.48 Å². The normalized spacial score (nSPS) is 9.30. The van der Waals surface area contributed by atoms with Gasteiger partial charge in [0.05, 0.1) is 11.7 Å².